The summed E-state index contributed by atoms with van der Waals surface area (Å²) in [7, 11) is -0.489. The molecule has 0 radical (unpaired) electrons. The molecule has 1 aliphatic rings. The van der Waals surface area contributed by atoms with Crippen molar-refractivity contribution in [2.75, 3.05) is 45.3 Å². The van der Waals surface area contributed by atoms with Crippen molar-refractivity contribution < 1.29 is 22.1 Å². The number of anilines is 1. The number of hydrogen-bond acceptors (Lipinski definition) is 8. The van der Waals surface area contributed by atoms with Crippen LogP contribution in [-0.4, -0.2) is 53.7 Å². The maximum absolute atomic E-state index is 12.3. The van der Waals surface area contributed by atoms with E-state index in [1.165, 1.54) is 11.6 Å². The molecule has 0 spiro atoms. The van der Waals surface area contributed by atoms with Crippen LogP contribution in [0.25, 0.3) is 0 Å². The molecule has 9 heteroatoms. The van der Waals surface area contributed by atoms with Crippen LogP contribution in [0.15, 0.2) is 64.2 Å². The molecule has 2 heterocycles. The monoisotopic (exact) mass is 474 g/mol. The first-order valence-corrected chi connectivity index (χ1v) is 12.5. The number of benzene rings is 2. The fourth-order valence-electron chi connectivity index (χ4n) is 3.69. The topological polar surface area (TPSA) is 68.3 Å². The molecule has 0 bridgehead atoms. The third-order valence-electron chi connectivity index (χ3n) is 5.38. The van der Waals surface area contributed by atoms with Gasteiger partial charge in [-0.2, -0.15) is 8.42 Å². The van der Waals surface area contributed by atoms with Gasteiger partial charge in [0.25, 0.3) is 0 Å². The zero-order valence-electron chi connectivity index (χ0n) is 18.1. The van der Waals surface area contributed by atoms with Gasteiger partial charge >= 0.3 is 10.1 Å². The number of rotatable bonds is 8. The van der Waals surface area contributed by atoms with Crippen LogP contribution in [0, 0.1) is 0 Å². The Morgan fingerprint density at radius 1 is 0.906 bits per heavy atom. The minimum Gasteiger partial charge on any atom is -0.493 e. The van der Waals surface area contributed by atoms with Crippen LogP contribution in [0.3, 0.4) is 0 Å². The van der Waals surface area contributed by atoms with Gasteiger partial charge in [0.15, 0.2) is 15.7 Å². The van der Waals surface area contributed by atoms with Gasteiger partial charge in [-0.15, -0.1) is 11.3 Å². The first kappa shape index (κ1) is 22.4. The average Bonchev–Trinajstić information content (AvgIpc) is 3.36. The zero-order chi connectivity index (χ0) is 22.6. The van der Waals surface area contributed by atoms with E-state index in [1.807, 2.05) is 24.3 Å². The summed E-state index contributed by atoms with van der Waals surface area (Å²) in [4.78, 5) is 4.70. The Labute approximate surface area is 192 Å². The first-order valence-electron chi connectivity index (χ1n) is 10.2. The minimum atomic E-state index is -3.77. The molecular weight excluding hydrogens is 448 g/mol. The van der Waals surface area contributed by atoms with Crippen molar-refractivity contribution in [2.45, 2.75) is 10.8 Å². The lowest BCUT2D eigenvalue weighted by molar-refractivity contribution is 0.249. The lowest BCUT2D eigenvalue weighted by atomic mass is 10.1. The summed E-state index contributed by atoms with van der Waals surface area (Å²) >= 11 is 1.14. The molecule has 0 amide bonds. The van der Waals surface area contributed by atoms with E-state index >= 15 is 0 Å². The highest BCUT2D eigenvalue weighted by atomic mass is 32.3. The quantitative estimate of drug-likeness (QED) is 0.459. The largest absolute Gasteiger partial charge is 0.493 e. The zero-order valence-corrected chi connectivity index (χ0v) is 19.7. The van der Waals surface area contributed by atoms with Gasteiger partial charge in [-0.1, -0.05) is 12.1 Å². The molecule has 1 aromatic heterocycles. The summed E-state index contributed by atoms with van der Waals surface area (Å²) in [5.74, 6) is 1.79. The van der Waals surface area contributed by atoms with Gasteiger partial charge in [0.2, 0.25) is 0 Å². The molecule has 32 heavy (non-hydrogen) atoms. The van der Waals surface area contributed by atoms with E-state index in [1.54, 1.807) is 37.8 Å². The third-order valence-corrected chi connectivity index (χ3v) is 7.98. The van der Waals surface area contributed by atoms with Crippen LogP contribution in [0.1, 0.15) is 5.56 Å². The van der Waals surface area contributed by atoms with Crippen LogP contribution in [0.5, 0.6) is 17.2 Å². The highest BCUT2D eigenvalue weighted by molar-refractivity contribution is 7.89. The van der Waals surface area contributed by atoms with Crippen LogP contribution in [0.4, 0.5) is 5.69 Å². The van der Waals surface area contributed by atoms with E-state index in [0.29, 0.717) is 5.75 Å². The summed E-state index contributed by atoms with van der Waals surface area (Å²) in [6, 6.07) is 16.5. The molecule has 0 N–H and O–H groups in total. The van der Waals surface area contributed by atoms with Crippen LogP contribution in [0.2, 0.25) is 0 Å². The van der Waals surface area contributed by atoms with Crippen molar-refractivity contribution in [3.8, 4) is 17.2 Å². The van der Waals surface area contributed by atoms with E-state index in [4.69, 9.17) is 13.7 Å². The van der Waals surface area contributed by atoms with Gasteiger partial charge in [0.05, 0.1) is 14.2 Å². The second-order valence-corrected chi connectivity index (χ2v) is 10.1. The summed E-state index contributed by atoms with van der Waals surface area (Å²) in [6.45, 7) is 4.49. The van der Waals surface area contributed by atoms with Crippen molar-refractivity contribution in [3.05, 3.63) is 65.5 Å². The second-order valence-electron chi connectivity index (χ2n) is 7.42. The van der Waals surface area contributed by atoms with Gasteiger partial charge < -0.3 is 18.6 Å². The van der Waals surface area contributed by atoms with E-state index in [0.717, 1.165) is 61.2 Å². The first-order chi connectivity index (χ1) is 15.5. The Bertz CT molecular complexity index is 1120. The minimum absolute atomic E-state index is 0.201. The fraction of sp³-hybridized carbons (Fsp3) is 0.304. The van der Waals surface area contributed by atoms with Gasteiger partial charge in [-0.05, 0) is 53.4 Å². The van der Waals surface area contributed by atoms with Crippen molar-refractivity contribution in [1.82, 2.24) is 4.90 Å². The number of hydrogen-bond donors (Lipinski definition) is 0. The standard InChI is InChI=1S/C23H26N2O5S2/c1-28-21-10-5-18(16-22(21)29-2)17-24-11-13-25(14-12-24)19-6-8-20(9-7-19)30-32(26,27)23-4-3-15-31-23/h3-10,15-16H,11-14,17H2,1-2H3. The normalized spacial score (nSPS) is 14.9. The third kappa shape index (κ3) is 5.17. The fourth-order valence-corrected chi connectivity index (χ4v) is 5.57. The molecule has 0 saturated carbocycles. The molecule has 2 aromatic carbocycles. The van der Waals surface area contributed by atoms with Crippen LogP contribution in [-0.2, 0) is 16.7 Å². The maximum Gasteiger partial charge on any atom is 0.348 e. The lowest BCUT2D eigenvalue weighted by Gasteiger charge is -2.36. The van der Waals surface area contributed by atoms with Gasteiger partial charge in [-0.3, -0.25) is 4.90 Å². The predicted molar refractivity (Wildman–Crippen MR) is 126 cm³/mol. The molecule has 0 atom stereocenters. The Kier molecular flexibility index (Phi) is 6.88. The molecule has 0 aliphatic carbocycles. The average molecular weight is 475 g/mol. The molecule has 7 nitrogen and oxygen atoms in total. The van der Waals surface area contributed by atoms with Crippen LogP contribution >= 0.6 is 11.3 Å². The number of piperazine rings is 1. The van der Waals surface area contributed by atoms with E-state index in [-0.39, 0.29) is 4.21 Å². The summed E-state index contributed by atoms with van der Waals surface area (Å²) in [5, 5.41) is 1.71. The number of thiophene rings is 1. The van der Waals surface area contributed by atoms with E-state index in [9.17, 15) is 8.42 Å². The van der Waals surface area contributed by atoms with Crippen molar-refractivity contribution in [3.63, 3.8) is 0 Å². The SMILES string of the molecule is COc1ccc(CN2CCN(c3ccc(OS(=O)(=O)c4cccs4)cc3)CC2)cc1OC. The van der Waals surface area contributed by atoms with Gasteiger partial charge in [0.1, 0.15) is 5.75 Å². The number of nitrogens with zero attached hydrogens (tertiary/aromatic N) is 2. The Balaban J connectivity index is 1.32. The predicted octanol–water partition coefficient (Wildman–Crippen LogP) is 3.86. The highest BCUT2D eigenvalue weighted by Gasteiger charge is 2.20. The smallest absolute Gasteiger partial charge is 0.348 e. The molecule has 4 rings (SSSR count). The molecule has 1 saturated heterocycles. The summed E-state index contributed by atoms with van der Waals surface area (Å²) in [6.07, 6.45) is 0. The van der Waals surface area contributed by atoms with E-state index in [2.05, 4.69) is 15.9 Å². The molecule has 3 aromatic rings. The molecule has 170 valence electrons. The summed E-state index contributed by atoms with van der Waals surface area (Å²) in [5.41, 5.74) is 2.24. The molecule has 1 fully saturated rings. The second kappa shape index (κ2) is 9.81. The maximum atomic E-state index is 12.3. The number of ether oxygens (including phenoxy) is 2. The lowest BCUT2D eigenvalue weighted by Crippen LogP contribution is -2.45. The Morgan fingerprint density at radius 2 is 1.62 bits per heavy atom. The van der Waals surface area contributed by atoms with Gasteiger partial charge in [0, 0.05) is 38.4 Å². The Morgan fingerprint density at radius 3 is 2.25 bits per heavy atom. The van der Waals surface area contributed by atoms with Crippen molar-refractivity contribution in [2.24, 2.45) is 0 Å². The van der Waals surface area contributed by atoms with Crippen LogP contribution < -0.4 is 18.6 Å². The molecule has 1 aliphatic heterocycles. The molecule has 0 unspecified atom stereocenters. The number of methoxy groups -OCH3 is 2. The van der Waals surface area contributed by atoms with Gasteiger partial charge in [-0.25, -0.2) is 0 Å². The van der Waals surface area contributed by atoms with E-state index < -0.39 is 10.1 Å². The van der Waals surface area contributed by atoms with Crippen molar-refractivity contribution >= 4 is 27.1 Å². The molecular formula is C23H26N2O5S2. The Hall–Kier alpha value is -2.75. The summed E-state index contributed by atoms with van der Waals surface area (Å²) < 4.78 is 40.7. The van der Waals surface area contributed by atoms with Crippen molar-refractivity contribution in [1.29, 1.82) is 0 Å². The highest BCUT2D eigenvalue weighted by Crippen LogP contribution is 2.29.